The summed E-state index contributed by atoms with van der Waals surface area (Å²) >= 11 is 11.7. The van der Waals surface area contributed by atoms with Gasteiger partial charge in [-0.1, -0.05) is 54.4 Å². The number of aryl methyl sites for hydroxylation is 3. The van der Waals surface area contributed by atoms with Gasteiger partial charge in [0.1, 0.15) is 5.15 Å². The van der Waals surface area contributed by atoms with Gasteiger partial charge in [-0.05, 0) is 42.0 Å². The number of aromatic nitrogens is 1. The number of hydrogen-bond acceptors (Lipinski definition) is 1. The van der Waals surface area contributed by atoms with Crippen molar-refractivity contribution in [3.05, 3.63) is 63.4 Å². The molecule has 0 spiro atoms. The summed E-state index contributed by atoms with van der Waals surface area (Å²) in [6.45, 7) is 2.16. The molecule has 0 fully saturated rings. The number of rotatable bonds is 4. The standard InChI is InChI=1S/C15H15Cl2N/c1-2-11-3-5-12(6-4-11)7-8-13-9-14(16)15(17)18-10-13/h3-6,9-10H,2,7-8H2,1H3. The molecule has 0 saturated carbocycles. The van der Waals surface area contributed by atoms with E-state index in [0.29, 0.717) is 10.2 Å². The predicted octanol–water partition coefficient (Wildman–Crippen LogP) is 4.74. The zero-order valence-electron chi connectivity index (χ0n) is 10.3. The predicted molar refractivity (Wildman–Crippen MR) is 77.5 cm³/mol. The average Bonchev–Trinajstić information content (AvgIpc) is 2.41. The highest BCUT2D eigenvalue weighted by atomic mass is 35.5. The number of benzene rings is 1. The minimum absolute atomic E-state index is 0.368. The Balaban J connectivity index is 1.99. The lowest BCUT2D eigenvalue weighted by atomic mass is 10.0. The van der Waals surface area contributed by atoms with E-state index in [1.165, 1.54) is 11.1 Å². The van der Waals surface area contributed by atoms with Gasteiger partial charge in [0.25, 0.3) is 0 Å². The van der Waals surface area contributed by atoms with Crippen LogP contribution in [0.5, 0.6) is 0 Å². The molecule has 94 valence electrons. The molecule has 0 aliphatic heterocycles. The fourth-order valence-corrected chi connectivity index (χ4v) is 2.12. The van der Waals surface area contributed by atoms with E-state index in [1.807, 2.05) is 6.07 Å². The molecule has 0 aliphatic carbocycles. The van der Waals surface area contributed by atoms with Crippen LogP contribution in [0.15, 0.2) is 36.5 Å². The quantitative estimate of drug-likeness (QED) is 0.737. The SMILES string of the molecule is CCc1ccc(CCc2cnc(Cl)c(Cl)c2)cc1. The molecular formula is C15H15Cl2N. The van der Waals surface area contributed by atoms with E-state index in [4.69, 9.17) is 23.2 Å². The maximum absolute atomic E-state index is 5.94. The van der Waals surface area contributed by atoms with Gasteiger partial charge in [-0.25, -0.2) is 4.98 Å². The van der Waals surface area contributed by atoms with E-state index in [9.17, 15) is 0 Å². The first kappa shape index (κ1) is 13.4. The molecule has 3 heteroatoms. The van der Waals surface area contributed by atoms with Crippen molar-refractivity contribution in [1.29, 1.82) is 0 Å². The van der Waals surface area contributed by atoms with Gasteiger partial charge in [-0.3, -0.25) is 0 Å². The van der Waals surface area contributed by atoms with Crippen molar-refractivity contribution in [2.75, 3.05) is 0 Å². The minimum Gasteiger partial charge on any atom is -0.243 e. The van der Waals surface area contributed by atoms with Gasteiger partial charge in [0.05, 0.1) is 5.02 Å². The summed E-state index contributed by atoms with van der Waals surface area (Å²) in [4.78, 5) is 4.05. The molecule has 1 aromatic heterocycles. The Hall–Kier alpha value is -1.05. The Bertz CT molecular complexity index is 521. The van der Waals surface area contributed by atoms with Crippen LogP contribution in [-0.2, 0) is 19.3 Å². The van der Waals surface area contributed by atoms with Crippen LogP contribution in [0.4, 0.5) is 0 Å². The van der Waals surface area contributed by atoms with E-state index in [-0.39, 0.29) is 0 Å². The van der Waals surface area contributed by atoms with Crippen molar-refractivity contribution < 1.29 is 0 Å². The van der Waals surface area contributed by atoms with Crippen molar-refractivity contribution in [3.8, 4) is 0 Å². The summed E-state index contributed by atoms with van der Waals surface area (Å²) in [6, 6.07) is 10.6. The van der Waals surface area contributed by atoms with E-state index in [0.717, 1.165) is 24.8 Å². The van der Waals surface area contributed by atoms with Crippen molar-refractivity contribution in [2.45, 2.75) is 26.2 Å². The summed E-state index contributed by atoms with van der Waals surface area (Å²) in [5, 5.41) is 0.892. The maximum atomic E-state index is 5.94. The maximum Gasteiger partial charge on any atom is 0.147 e. The van der Waals surface area contributed by atoms with Gasteiger partial charge in [-0.15, -0.1) is 0 Å². The Morgan fingerprint density at radius 3 is 2.17 bits per heavy atom. The third-order valence-electron chi connectivity index (χ3n) is 2.99. The Kier molecular flexibility index (Phi) is 4.62. The summed E-state index contributed by atoms with van der Waals surface area (Å²) in [6.07, 6.45) is 4.78. The average molecular weight is 280 g/mol. The molecule has 0 atom stereocenters. The molecule has 1 aromatic carbocycles. The van der Waals surface area contributed by atoms with Crippen molar-refractivity contribution in [2.24, 2.45) is 0 Å². The molecule has 18 heavy (non-hydrogen) atoms. The molecule has 2 rings (SSSR count). The van der Waals surface area contributed by atoms with Gasteiger partial charge >= 0.3 is 0 Å². The fraction of sp³-hybridized carbons (Fsp3) is 0.267. The second kappa shape index (κ2) is 6.21. The van der Waals surface area contributed by atoms with Crippen LogP contribution in [-0.4, -0.2) is 4.98 Å². The zero-order valence-corrected chi connectivity index (χ0v) is 11.8. The smallest absolute Gasteiger partial charge is 0.147 e. The molecule has 1 nitrogen and oxygen atoms in total. The van der Waals surface area contributed by atoms with Gasteiger partial charge < -0.3 is 0 Å². The molecule has 2 aromatic rings. The second-order valence-electron chi connectivity index (χ2n) is 4.29. The monoisotopic (exact) mass is 279 g/mol. The van der Waals surface area contributed by atoms with E-state index in [2.05, 4.69) is 36.2 Å². The van der Waals surface area contributed by atoms with E-state index in [1.54, 1.807) is 6.20 Å². The molecule has 0 N–H and O–H groups in total. The van der Waals surface area contributed by atoms with Crippen molar-refractivity contribution in [3.63, 3.8) is 0 Å². The second-order valence-corrected chi connectivity index (χ2v) is 5.05. The molecule has 1 heterocycles. The van der Waals surface area contributed by atoms with Crippen molar-refractivity contribution in [1.82, 2.24) is 4.98 Å². The lowest BCUT2D eigenvalue weighted by Crippen LogP contribution is -1.93. The summed E-state index contributed by atoms with van der Waals surface area (Å²) < 4.78 is 0. The molecule has 0 saturated heterocycles. The molecule has 0 radical (unpaired) electrons. The Morgan fingerprint density at radius 1 is 0.944 bits per heavy atom. The van der Waals surface area contributed by atoms with Gasteiger partial charge in [0.2, 0.25) is 0 Å². The minimum atomic E-state index is 0.368. The molecule has 0 bridgehead atoms. The van der Waals surface area contributed by atoms with Gasteiger partial charge in [0.15, 0.2) is 0 Å². The molecule has 0 amide bonds. The highest BCUT2D eigenvalue weighted by Gasteiger charge is 2.01. The molecule has 0 aliphatic rings. The summed E-state index contributed by atoms with van der Waals surface area (Å²) in [5.41, 5.74) is 3.82. The van der Waals surface area contributed by atoms with Crippen LogP contribution in [0.1, 0.15) is 23.6 Å². The first-order valence-corrected chi connectivity index (χ1v) is 6.82. The van der Waals surface area contributed by atoms with Gasteiger partial charge in [0, 0.05) is 6.20 Å². The number of nitrogens with zero attached hydrogens (tertiary/aromatic N) is 1. The first-order valence-electron chi connectivity index (χ1n) is 6.06. The summed E-state index contributed by atoms with van der Waals surface area (Å²) in [5.74, 6) is 0. The van der Waals surface area contributed by atoms with Crippen LogP contribution < -0.4 is 0 Å². The number of hydrogen-bond donors (Lipinski definition) is 0. The van der Waals surface area contributed by atoms with Crippen LogP contribution in [0.2, 0.25) is 10.2 Å². The van der Waals surface area contributed by atoms with Gasteiger partial charge in [-0.2, -0.15) is 0 Å². The molecule has 0 unspecified atom stereocenters. The van der Waals surface area contributed by atoms with Crippen LogP contribution in [0.25, 0.3) is 0 Å². The lowest BCUT2D eigenvalue weighted by Gasteiger charge is -2.04. The molecular weight excluding hydrogens is 265 g/mol. The number of pyridine rings is 1. The highest BCUT2D eigenvalue weighted by Crippen LogP contribution is 2.20. The topological polar surface area (TPSA) is 12.9 Å². The normalized spacial score (nSPS) is 10.6. The fourth-order valence-electron chi connectivity index (χ4n) is 1.83. The van der Waals surface area contributed by atoms with E-state index < -0.39 is 0 Å². The number of halogens is 2. The van der Waals surface area contributed by atoms with E-state index >= 15 is 0 Å². The highest BCUT2D eigenvalue weighted by molar-refractivity contribution is 6.41. The largest absolute Gasteiger partial charge is 0.243 e. The zero-order chi connectivity index (χ0) is 13.0. The van der Waals surface area contributed by atoms with Crippen LogP contribution in [0, 0.1) is 0 Å². The van der Waals surface area contributed by atoms with Crippen LogP contribution >= 0.6 is 23.2 Å². The van der Waals surface area contributed by atoms with Crippen LogP contribution in [0.3, 0.4) is 0 Å². The third kappa shape index (κ3) is 3.47. The Morgan fingerprint density at radius 2 is 1.56 bits per heavy atom. The van der Waals surface area contributed by atoms with Crippen molar-refractivity contribution >= 4 is 23.2 Å². The third-order valence-corrected chi connectivity index (χ3v) is 3.67. The lowest BCUT2D eigenvalue weighted by molar-refractivity contribution is 0.947. The Labute approximate surface area is 118 Å². The first-order chi connectivity index (χ1) is 8.69. The summed E-state index contributed by atoms with van der Waals surface area (Å²) in [7, 11) is 0.